The molecule has 4 N–H and O–H groups in total. The molecule has 0 amide bonds. The summed E-state index contributed by atoms with van der Waals surface area (Å²) in [5.41, 5.74) is 5.79. The molecule has 0 aliphatic rings. The van der Waals surface area contributed by atoms with Crippen LogP contribution in [0, 0.1) is 18.3 Å². The molecule has 0 aliphatic carbocycles. The molecule has 0 bridgehead atoms. The molecule has 0 aliphatic heterocycles. The predicted molar refractivity (Wildman–Crippen MR) is 206 cm³/mol. The first-order chi connectivity index (χ1) is 26.2. The molecule has 2 heterocycles. The highest BCUT2D eigenvalue weighted by Gasteiger charge is 2.18. The summed E-state index contributed by atoms with van der Waals surface area (Å²) in [5, 5.41) is 46.1. The van der Waals surface area contributed by atoms with Gasteiger partial charge in [0.25, 0.3) is 0 Å². The zero-order valence-corrected chi connectivity index (χ0v) is 31.9. The lowest BCUT2D eigenvalue weighted by Gasteiger charge is -2.22. The molecule has 0 fully saturated rings. The van der Waals surface area contributed by atoms with Gasteiger partial charge in [0.1, 0.15) is 36.5 Å². The molecule has 0 saturated heterocycles. The molecule has 15 heteroatoms. The minimum Gasteiger partial charge on any atom is -0.492 e. The lowest BCUT2D eigenvalue weighted by Crippen LogP contribution is -2.30. The number of nitrogens with one attached hydrogen (secondary N) is 2. The van der Waals surface area contributed by atoms with Crippen LogP contribution in [0.4, 0.5) is 0 Å². The molecular weight excluding hydrogens is 731 g/mol. The van der Waals surface area contributed by atoms with Crippen molar-refractivity contribution in [3.05, 3.63) is 111 Å². The third-order valence-electron chi connectivity index (χ3n) is 8.72. The average molecular weight is 776 g/mol. The first-order valence-corrected chi connectivity index (χ1v) is 18.3. The second-order valence-electron chi connectivity index (χ2n) is 13.0. The van der Waals surface area contributed by atoms with E-state index in [1.165, 1.54) is 6.20 Å². The van der Waals surface area contributed by atoms with Crippen LogP contribution >= 0.6 is 23.2 Å². The van der Waals surface area contributed by atoms with Crippen LogP contribution in [0.1, 0.15) is 52.9 Å². The summed E-state index contributed by atoms with van der Waals surface area (Å²) < 4.78 is 18.7. The minimum atomic E-state index is -0.782. The van der Waals surface area contributed by atoms with E-state index in [4.69, 9.17) is 42.5 Å². The highest BCUT2D eigenvalue weighted by molar-refractivity contribution is 6.35. The zero-order chi connectivity index (χ0) is 38.5. The number of ether oxygens (including phenoxy) is 3. The van der Waals surface area contributed by atoms with Crippen LogP contribution in [-0.2, 0) is 19.8 Å². The van der Waals surface area contributed by atoms with Crippen molar-refractivity contribution in [2.45, 2.75) is 52.0 Å². The number of nitrogens with zero attached hydrogens (tertiary/aromatic N) is 6. The number of benzene rings is 3. The lowest BCUT2D eigenvalue weighted by atomic mass is 9.96. The predicted octanol–water partition coefficient (Wildman–Crippen LogP) is 5.85. The summed E-state index contributed by atoms with van der Waals surface area (Å²) in [5.74, 6) is 2.39. The summed E-state index contributed by atoms with van der Waals surface area (Å²) in [4.78, 5) is 6.29. The van der Waals surface area contributed by atoms with Gasteiger partial charge in [0.2, 0.25) is 0 Å². The highest BCUT2D eigenvalue weighted by Crippen LogP contribution is 2.39. The van der Waals surface area contributed by atoms with Crippen molar-refractivity contribution >= 4 is 23.2 Å². The Balaban J connectivity index is 1.30. The molecule has 0 spiro atoms. The molecule has 0 radical (unpaired) electrons. The van der Waals surface area contributed by atoms with E-state index >= 15 is 0 Å². The number of pyridine rings is 1. The topological polar surface area (TPSA) is 175 Å². The largest absolute Gasteiger partial charge is 0.492 e. The number of halogens is 2. The van der Waals surface area contributed by atoms with E-state index in [1.54, 1.807) is 18.3 Å². The quantitative estimate of drug-likeness (QED) is 0.0696. The number of nitriles is 1. The zero-order valence-electron chi connectivity index (χ0n) is 30.4. The van der Waals surface area contributed by atoms with E-state index in [9.17, 15) is 10.4 Å². The SMILES string of the molecule is Cc1c(COc2cc(OCc3cncc(C#N)c3)c(CN(C)CC(C)c3nnn[nH]3)cc2Cl)cccc1-c1cccc(OCCCNCC(O)CO)c1Cl. The third-order valence-corrected chi connectivity index (χ3v) is 9.40. The van der Waals surface area contributed by atoms with Gasteiger partial charge in [-0.25, -0.2) is 5.10 Å². The van der Waals surface area contributed by atoms with E-state index in [-0.39, 0.29) is 25.7 Å². The number of tetrazole rings is 1. The standard InChI is InChI=1S/C39H44Cl2N8O5/c1-25(39-45-47-48-46-39)20-49(3)21-30-14-34(40)37(15-36(30)53-23-28-13-27(16-42)17-44-18-28)54-24-29-7-4-8-32(26(29)2)33-9-5-10-35(38(33)41)52-12-6-11-43-19-31(51)22-50/h4-5,7-10,13-15,17-18,25,31,43,50-51H,6,11-12,19-24H2,1-3H3,(H,45,46,47,48). The molecule has 2 aromatic heterocycles. The third kappa shape index (κ3) is 11.1. The lowest BCUT2D eigenvalue weighted by molar-refractivity contribution is 0.0942. The number of aliphatic hydroxyl groups excluding tert-OH is 2. The molecule has 3 aromatic carbocycles. The Morgan fingerprint density at radius 1 is 0.981 bits per heavy atom. The van der Waals surface area contributed by atoms with Crippen LogP contribution in [0.2, 0.25) is 10.0 Å². The minimum absolute atomic E-state index is 0.0588. The van der Waals surface area contributed by atoms with Crippen molar-refractivity contribution in [1.82, 2.24) is 35.8 Å². The Bertz CT molecular complexity index is 2010. The van der Waals surface area contributed by atoms with Crippen molar-refractivity contribution in [2.24, 2.45) is 0 Å². The normalized spacial score (nSPS) is 12.4. The van der Waals surface area contributed by atoms with Crippen molar-refractivity contribution in [3.8, 4) is 34.4 Å². The summed E-state index contributed by atoms with van der Waals surface area (Å²) in [6.07, 6.45) is 3.10. The van der Waals surface area contributed by atoms with Gasteiger partial charge in [0.15, 0.2) is 5.82 Å². The first-order valence-electron chi connectivity index (χ1n) is 17.5. The number of H-pyrrole nitrogens is 1. The molecule has 5 rings (SSSR count). The summed E-state index contributed by atoms with van der Waals surface area (Å²) in [6.45, 7) is 6.79. The molecule has 54 heavy (non-hydrogen) atoms. The van der Waals surface area contributed by atoms with Crippen LogP contribution in [0.15, 0.2) is 67.0 Å². The van der Waals surface area contributed by atoms with Crippen molar-refractivity contribution in [3.63, 3.8) is 0 Å². The van der Waals surface area contributed by atoms with Gasteiger partial charge in [-0.15, -0.1) is 5.10 Å². The Labute approximate surface area is 324 Å². The Hall–Kier alpha value is -4.81. The van der Waals surface area contributed by atoms with Gasteiger partial charge in [-0.1, -0.05) is 60.5 Å². The maximum Gasteiger partial charge on any atom is 0.152 e. The Morgan fingerprint density at radius 3 is 2.56 bits per heavy atom. The van der Waals surface area contributed by atoms with Gasteiger partial charge in [0, 0.05) is 60.7 Å². The molecule has 284 valence electrons. The molecule has 2 atom stereocenters. The summed E-state index contributed by atoms with van der Waals surface area (Å²) in [7, 11) is 2.00. The van der Waals surface area contributed by atoms with Crippen LogP contribution in [0.25, 0.3) is 11.1 Å². The Morgan fingerprint density at radius 2 is 1.78 bits per heavy atom. The Kier molecular flexibility index (Phi) is 15.0. The van der Waals surface area contributed by atoms with Gasteiger partial charge in [0.05, 0.1) is 34.9 Å². The highest BCUT2D eigenvalue weighted by atomic mass is 35.5. The monoisotopic (exact) mass is 774 g/mol. The summed E-state index contributed by atoms with van der Waals surface area (Å²) in [6, 6.07) is 19.2. The van der Waals surface area contributed by atoms with E-state index < -0.39 is 6.10 Å². The number of aromatic amines is 1. The second kappa shape index (κ2) is 20.0. The van der Waals surface area contributed by atoms with Crippen molar-refractivity contribution < 1.29 is 24.4 Å². The van der Waals surface area contributed by atoms with Crippen LogP contribution in [0.5, 0.6) is 17.2 Å². The number of hydrogen-bond acceptors (Lipinski definition) is 12. The van der Waals surface area contributed by atoms with Crippen LogP contribution in [0.3, 0.4) is 0 Å². The van der Waals surface area contributed by atoms with Gasteiger partial charge in [-0.2, -0.15) is 5.26 Å². The average Bonchev–Trinajstić information content (AvgIpc) is 3.72. The van der Waals surface area contributed by atoms with Gasteiger partial charge < -0.3 is 34.6 Å². The van der Waals surface area contributed by atoms with Crippen LogP contribution in [-0.4, -0.2) is 86.7 Å². The molecule has 5 aromatic rings. The van der Waals surface area contributed by atoms with Crippen LogP contribution < -0.4 is 19.5 Å². The van der Waals surface area contributed by atoms with Gasteiger partial charge in [-0.05, 0) is 72.3 Å². The number of hydrogen-bond donors (Lipinski definition) is 4. The first kappa shape index (κ1) is 40.4. The van der Waals surface area contributed by atoms with Gasteiger partial charge >= 0.3 is 0 Å². The molecule has 0 saturated carbocycles. The fourth-order valence-electron chi connectivity index (χ4n) is 5.85. The van der Waals surface area contributed by atoms with Gasteiger partial charge in [-0.3, -0.25) is 4.98 Å². The fraction of sp³-hybridized carbons (Fsp3) is 0.359. The number of aromatic nitrogens is 5. The van der Waals surface area contributed by atoms with E-state index in [2.05, 4.69) is 41.9 Å². The molecular formula is C39H44Cl2N8O5. The van der Waals surface area contributed by atoms with E-state index in [0.29, 0.717) is 77.9 Å². The molecule has 13 nitrogen and oxygen atoms in total. The maximum absolute atomic E-state index is 9.48. The van der Waals surface area contributed by atoms with E-state index in [1.807, 2.05) is 63.4 Å². The van der Waals surface area contributed by atoms with E-state index in [0.717, 1.165) is 33.4 Å². The summed E-state index contributed by atoms with van der Waals surface area (Å²) >= 11 is 13.7. The van der Waals surface area contributed by atoms with Crippen molar-refractivity contribution in [2.75, 3.05) is 39.9 Å². The second-order valence-corrected chi connectivity index (χ2v) is 13.8. The molecule has 2 unspecified atom stereocenters. The number of aliphatic hydroxyl groups is 2. The number of likely N-dealkylation sites (N-methyl/N-ethyl adjacent to an activating group) is 1. The smallest absolute Gasteiger partial charge is 0.152 e. The number of rotatable bonds is 20. The fourth-order valence-corrected chi connectivity index (χ4v) is 6.37. The van der Waals surface area contributed by atoms with Crippen molar-refractivity contribution in [1.29, 1.82) is 5.26 Å². The maximum atomic E-state index is 9.48.